The molecule has 0 spiro atoms. The Labute approximate surface area is 217 Å². The minimum Gasteiger partial charge on any atom is -0.497 e. The van der Waals surface area contributed by atoms with Gasteiger partial charge in [-0.25, -0.2) is 0 Å². The molecule has 1 fully saturated rings. The summed E-state index contributed by atoms with van der Waals surface area (Å²) in [5, 5.41) is 20.7. The van der Waals surface area contributed by atoms with Crippen molar-refractivity contribution in [2.75, 3.05) is 65.1 Å². The topological polar surface area (TPSA) is 83.4 Å². The number of nitrogens with zero attached hydrogens (tertiary/aromatic N) is 1. The number of piperidine rings is 1. The fourth-order valence-corrected chi connectivity index (χ4v) is 4.08. The van der Waals surface area contributed by atoms with Gasteiger partial charge in [-0.2, -0.15) is 0 Å². The molecule has 0 bridgehead atoms. The molecule has 0 amide bonds. The zero-order valence-electron chi connectivity index (χ0n) is 22.5. The molecule has 0 aromatic heterocycles. The number of nitrogens with one attached hydrogen (secondary N) is 1. The maximum Gasteiger partial charge on any atom is 0.142 e. The maximum atomic E-state index is 9.16. The lowest BCUT2D eigenvalue weighted by molar-refractivity contribution is 0.195. The summed E-state index contributed by atoms with van der Waals surface area (Å²) in [5.74, 6) is 3.03. The second-order valence-corrected chi connectivity index (χ2v) is 9.52. The summed E-state index contributed by atoms with van der Waals surface area (Å²) in [6.07, 6.45) is 3.51. The molecule has 36 heavy (non-hydrogen) atoms. The molecule has 7 nitrogen and oxygen atoms in total. The van der Waals surface area contributed by atoms with Crippen molar-refractivity contribution in [1.29, 1.82) is 0 Å². The first-order valence-electron chi connectivity index (χ1n) is 13.1. The lowest BCUT2D eigenvalue weighted by Gasteiger charge is -2.31. The number of methoxy groups -OCH3 is 2. The van der Waals surface area contributed by atoms with E-state index in [9.17, 15) is 0 Å². The van der Waals surface area contributed by atoms with E-state index >= 15 is 0 Å². The fourth-order valence-electron chi connectivity index (χ4n) is 4.08. The van der Waals surface area contributed by atoms with Crippen molar-refractivity contribution in [1.82, 2.24) is 5.32 Å². The molecule has 0 atom stereocenters. The predicted molar refractivity (Wildman–Crippen MR) is 146 cm³/mol. The molecule has 7 heteroatoms. The first kappa shape index (κ1) is 29.9. The van der Waals surface area contributed by atoms with Crippen LogP contribution in [0.25, 0.3) is 0 Å². The highest BCUT2D eigenvalue weighted by atomic mass is 16.5. The van der Waals surface area contributed by atoms with Gasteiger partial charge in [0.1, 0.15) is 18.1 Å². The van der Waals surface area contributed by atoms with Crippen LogP contribution in [0.4, 0.5) is 5.69 Å². The monoisotopic (exact) mass is 502 g/mol. The van der Waals surface area contributed by atoms with E-state index in [-0.39, 0.29) is 6.61 Å². The molecule has 1 saturated heterocycles. The molecule has 3 N–H and O–H groups in total. The van der Waals surface area contributed by atoms with Gasteiger partial charge in [-0.3, -0.25) is 0 Å². The molecule has 202 valence electrons. The minimum atomic E-state index is 0.0686. The van der Waals surface area contributed by atoms with Gasteiger partial charge < -0.3 is 34.6 Å². The smallest absolute Gasteiger partial charge is 0.142 e. The Hall–Kier alpha value is -2.32. The van der Waals surface area contributed by atoms with Crippen LogP contribution in [-0.2, 0) is 11.3 Å². The summed E-state index contributed by atoms with van der Waals surface area (Å²) >= 11 is 0. The Kier molecular flexibility index (Phi) is 14.3. The number of hydrogen-bond donors (Lipinski definition) is 3. The third kappa shape index (κ3) is 10.3. The molecule has 2 heterocycles. The highest BCUT2D eigenvalue weighted by Crippen LogP contribution is 2.32. The zero-order valence-corrected chi connectivity index (χ0v) is 22.5. The highest BCUT2D eigenvalue weighted by molar-refractivity contribution is 5.61. The Morgan fingerprint density at radius 3 is 2.33 bits per heavy atom. The van der Waals surface area contributed by atoms with Crippen LogP contribution in [0, 0.1) is 5.92 Å². The average molecular weight is 503 g/mol. The van der Waals surface area contributed by atoms with Gasteiger partial charge in [0.15, 0.2) is 0 Å². The number of aliphatic hydroxyl groups excluding tert-OH is 2. The zero-order chi connectivity index (χ0) is 26.2. The van der Waals surface area contributed by atoms with E-state index in [1.165, 1.54) is 18.4 Å². The third-order valence-corrected chi connectivity index (χ3v) is 6.23. The molecular weight excluding hydrogens is 456 g/mol. The Bertz CT molecular complexity index is 838. The van der Waals surface area contributed by atoms with Crippen molar-refractivity contribution >= 4 is 5.69 Å². The molecule has 0 radical (unpaired) electrons. The normalized spacial score (nSPS) is 15.1. The van der Waals surface area contributed by atoms with Crippen LogP contribution in [0.5, 0.6) is 11.5 Å². The number of ether oxygens (including phenoxy) is 3. The molecule has 2 aromatic rings. The van der Waals surface area contributed by atoms with E-state index in [0.717, 1.165) is 74.5 Å². The fraction of sp³-hybridized carbons (Fsp3) is 0.586. The van der Waals surface area contributed by atoms with Crippen molar-refractivity contribution in [3.8, 4) is 11.5 Å². The number of hydrogen-bond acceptors (Lipinski definition) is 7. The molecule has 0 saturated carbocycles. The highest BCUT2D eigenvalue weighted by Gasteiger charge is 2.18. The Morgan fingerprint density at radius 2 is 1.75 bits per heavy atom. The molecule has 2 aliphatic rings. The van der Waals surface area contributed by atoms with Crippen LogP contribution in [0.1, 0.15) is 50.2 Å². The van der Waals surface area contributed by atoms with Crippen LogP contribution >= 0.6 is 0 Å². The molecule has 4 rings (SSSR count). The molecule has 0 unspecified atom stereocenters. The molecule has 2 aromatic carbocycles. The van der Waals surface area contributed by atoms with Crippen LogP contribution in [0.15, 0.2) is 42.5 Å². The van der Waals surface area contributed by atoms with Gasteiger partial charge >= 0.3 is 0 Å². The van der Waals surface area contributed by atoms with Crippen molar-refractivity contribution < 1.29 is 24.4 Å². The summed E-state index contributed by atoms with van der Waals surface area (Å²) in [4.78, 5) is 2.29. The largest absolute Gasteiger partial charge is 0.497 e. The third-order valence-electron chi connectivity index (χ3n) is 6.23. The number of fused-ring (bicyclic) bond motifs is 1. The van der Waals surface area contributed by atoms with E-state index in [1.807, 2.05) is 32.0 Å². The van der Waals surface area contributed by atoms with Gasteiger partial charge in [0.25, 0.3) is 0 Å². The standard InChI is InChI=1S/C13H19NO3.C12H17NO.C4H10O/c1-16-7-2-5-14-6-8-17-13-4-3-11(10-15)9-12(13)14;1-14-12-4-2-10(3-5-12)11-6-8-13-9-7-11;1-4(2)3-5/h3-4,9,15H,2,5-8,10H2,1H3;2-5,11,13H,6-9H2,1H3;4-5H,3H2,1-2H3. The van der Waals surface area contributed by atoms with Crippen molar-refractivity contribution in [2.24, 2.45) is 5.92 Å². The quantitative estimate of drug-likeness (QED) is 0.467. The number of benzene rings is 2. The Balaban J connectivity index is 0.000000217. The Morgan fingerprint density at radius 1 is 1.06 bits per heavy atom. The second-order valence-electron chi connectivity index (χ2n) is 9.52. The van der Waals surface area contributed by atoms with Crippen LogP contribution in [-0.4, -0.2) is 70.4 Å². The lowest BCUT2D eigenvalue weighted by Crippen LogP contribution is -2.34. The maximum absolute atomic E-state index is 9.16. The second kappa shape index (κ2) is 17.2. The first-order valence-corrected chi connectivity index (χ1v) is 13.1. The first-order chi connectivity index (χ1) is 17.5. The van der Waals surface area contributed by atoms with Gasteiger partial charge in [-0.05, 0) is 79.6 Å². The van der Waals surface area contributed by atoms with Gasteiger partial charge in [-0.1, -0.05) is 32.0 Å². The summed E-state index contributed by atoms with van der Waals surface area (Å²) in [6, 6.07) is 14.3. The van der Waals surface area contributed by atoms with Crippen molar-refractivity contribution in [3.63, 3.8) is 0 Å². The SMILES string of the molecule is CC(C)CO.COCCCN1CCOc2ccc(CO)cc21.COc1ccc(C2CCNCC2)cc1. The van der Waals surface area contributed by atoms with Gasteiger partial charge in [0.2, 0.25) is 0 Å². The molecule has 0 aliphatic carbocycles. The van der Waals surface area contributed by atoms with Crippen molar-refractivity contribution in [2.45, 2.75) is 45.6 Å². The van der Waals surface area contributed by atoms with Gasteiger partial charge in [-0.15, -0.1) is 0 Å². The predicted octanol–water partition coefficient (Wildman–Crippen LogP) is 4.21. The van der Waals surface area contributed by atoms with E-state index in [2.05, 4.69) is 34.5 Å². The summed E-state index contributed by atoms with van der Waals surface area (Å²) in [6.45, 7) is 9.96. The number of aliphatic hydroxyl groups is 2. The van der Waals surface area contributed by atoms with Gasteiger partial charge in [0, 0.05) is 26.9 Å². The van der Waals surface area contributed by atoms with Gasteiger partial charge in [0.05, 0.1) is 25.9 Å². The van der Waals surface area contributed by atoms with E-state index in [1.54, 1.807) is 14.2 Å². The molecule has 2 aliphatic heterocycles. The van der Waals surface area contributed by atoms with Crippen LogP contribution in [0.2, 0.25) is 0 Å². The van der Waals surface area contributed by atoms with E-state index in [0.29, 0.717) is 12.5 Å². The van der Waals surface area contributed by atoms with E-state index < -0.39 is 0 Å². The minimum absolute atomic E-state index is 0.0686. The van der Waals surface area contributed by atoms with Crippen molar-refractivity contribution in [3.05, 3.63) is 53.6 Å². The van der Waals surface area contributed by atoms with Crippen LogP contribution < -0.4 is 19.7 Å². The summed E-state index contributed by atoms with van der Waals surface area (Å²) in [7, 11) is 3.43. The summed E-state index contributed by atoms with van der Waals surface area (Å²) in [5.41, 5.74) is 3.46. The molecular formula is C29H46N2O5. The van der Waals surface area contributed by atoms with E-state index in [4.69, 9.17) is 24.4 Å². The average Bonchev–Trinajstić information content (AvgIpc) is 2.94. The lowest BCUT2D eigenvalue weighted by atomic mass is 9.90. The summed E-state index contributed by atoms with van der Waals surface area (Å²) < 4.78 is 15.8. The number of anilines is 1. The van der Waals surface area contributed by atoms with Crippen LogP contribution in [0.3, 0.4) is 0 Å². The number of rotatable bonds is 8.